The molecule has 3 aromatic carbocycles. The Morgan fingerprint density at radius 2 is 1.29 bits per heavy atom. The maximum atomic E-state index is 12.6. The Labute approximate surface area is 204 Å². The van der Waals surface area contributed by atoms with E-state index in [1.807, 2.05) is 6.07 Å². The van der Waals surface area contributed by atoms with Gasteiger partial charge in [-0.05, 0) is 55.3 Å². The molecule has 2 saturated heterocycles. The molecule has 0 aliphatic carbocycles. The summed E-state index contributed by atoms with van der Waals surface area (Å²) in [5.74, 6) is 0. The molecule has 4 atom stereocenters. The van der Waals surface area contributed by atoms with Crippen molar-refractivity contribution in [2.45, 2.75) is 56.0 Å². The van der Waals surface area contributed by atoms with Gasteiger partial charge in [-0.3, -0.25) is 9.80 Å². The average molecular weight is 456 g/mol. The molecule has 2 aliphatic rings. The number of nitrogens with two attached hydrogens (primary N) is 1. The molecule has 0 amide bonds. The van der Waals surface area contributed by atoms with E-state index in [2.05, 4.69) is 94.7 Å². The zero-order chi connectivity index (χ0) is 23.4. The zero-order valence-corrected chi connectivity index (χ0v) is 20.0. The van der Waals surface area contributed by atoms with Gasteiger partial charge in [-0.15, -0.1) is 0 Å². The summed E-state index contributed by atoms with van der Waals surface area (Å²) < 4.78 is 0. The first-order valence-electron chi connectivity index (χ1n) is 12.8. The van der Waals surface area contributed by atoms with E-state index in [4.69, 9.17) is 5.73 Å². The standard InChI is InChI=1S/C30H37N3O/c31-29(22-24-12-4-1-5-13-24)30(34,33-21-11-19-28(33)26-16-8-3-9-17-26)23-32-20-10-18-27(32)25-14-6-2-7-15-25/h1-9,12-17,27-29,34H,10-11,18-23,31H2/t27?,28?,29-,30+/m1/s1. The molecule has 2 unspecified atom stereocenters. The third-order valence-electron chi connectivity index (χ3n) is 7.81. The van der Waals surface area contributed by atoms with E-state index >= 15 is 0 Å². The molecule has 0 radical (unpaired) electrons. The quantitative estimate of drug-likeness (QED) is 0.506. The molecule has 0 saturated carbocycles. The summed E-state index contributed by atoms with van der Waals surface area (Å²) in [5.41, 5.74) is 9.60. The minimum atomic E-state index is -1.12. The lowest BCUT2D eigenvalue weighted by atomic mass is 9.92. The first-order valence-corrected chi connectivity index (χ1v) is 12.8. The summed E-state index contributed by atoms with van der Waals surface area (Å²) in [6, 6.07) is 31.9. The zero-order valence-electron chi connectivity index (χ0n) is 20.0. The van der Waals surface area contributed by atoms with Crippen molar-refractivity contribution in [1.82, 2.24) is 9.80 Å². The van der Waals surface area contributed by atoms with Crippen molar-refractivity contribution in [1.29, 1.82) is 0 Å². The fourth-order valence-corrected chi connectivity index (χ4v) is 6.07. The molecule has 2 heterocycles. The smallest absolute Gasteiger partial charge is 0.147 e. The van der Waals surface area contributed by atoms with Gasteiger partial charge in [0.25, 0.3) is 0 Å². The summed E-state index contributed by atoms with van der Waals surface area (Å²) >= 11 is 0. The van der Waals surface area contributed by atoms with Crippen LogP contribution in [0.2, 0.25) is 0 Å². The number of hydrogen-bond acceptors (Lipinski definition) is 4. The van der Waals surface area contributed by atoms with Crippen LogP contribution >= 0.6 is 0 Å². The van der Waals surface area contributed by atoms with Crippen LogP contribution in [-0.4, -0.2) is 46.3 Å². The predicted molar refractivity (Wildman–Crippen MR) is 138 cm³/mol. The monoisotopic (exact) mass is 455 g/mol. The molecule has 2 aliphatic heterocycles. The number of hydrogen-bond donors (Lipinski definition) is 2. The Morgan fingerprint density at radius 3 is 1.94 bits per heavy atom. The Morgan fingerprint density at radius 1 is 0.765 bits per heavy atom. The number of likely N-dealkylation sites (tertiary alicyclic amines) is 2. The van der Waals surface area contributed by atoms with Crippen molar-refractivity contribution in [3.63, 3.8) is 0 Å². The fraction of sp³-hybridized carbons (Fsp3) is 0.400. The lowest BCUT2D eigenvalue weighted by Crippen LogP contribution is -2.65. The van der Waals surface area contributed by atoms with E-state index in [0.717, 1.165) is 38.8 Å². The SMILES string of the molecule is N[C@H](Cc1ccccc1)[C@@](O)(CN1CCCC1c1ccccc1)N1CCCC1c1ccccc1. The van der Waals surface area contributed by atoms with Crippen LogP contribution in [0.5, 0.6) is 0 Å². The van der Waals surface area contributed by atoms with E-state index in [1.165, 1.54) is 16.7 Å². The van der Waals surface area contributed by atoms with E-state index < -0.39 is 11.8 Å². The number of β-amino-alcohol motifs (C(OH)–C–C–N with tert-alkyl or cyclic N) is 1. The first-order chi connectivity index (χ1) is 16.6. The van der Waals surface area contributed by atoms with Gasteiger partial charge in [-0.25, -0.2) is 0 Å². The summed E-state index contributed by atoms with van der Waals surface area (Å²) in [6.45, 7) is 2.41. The van der Waals surface area contributed by atoms with Gasteiger partial charge < -0.3 is 10.8 Å². The Hall–Kier alpha value is -2.50. The van der Waals surface area contributed by atoms with Crippen LogP contribution in [0.15, 0.2) is 91.0 Å². The number of rotatable bonds is 8. The van der Waals surface area contributed by atoms with Crippen molar-refractivity contribution in [2.24, 2.45) is 5.73 Å². The van der Waals surface area contributed by atoms with Crippen LogP contribution in [0.4, 0.5) is 0 Å². The number of nitrogens with zero attached hydrogens (tertiary/aromatic N) is 2. The average Bonchev–Trinajstić information content (AvgIpc) is 3.56. The lowest BCUT2D eigenvalue weighted by Gasteiger charge is -2.47. The topological polar surface area (TPSA) is 52.7 Å². The van der Waals surface area contributed by atoms with Gasteiger partial charge in [-0.1, -0.05) is 91.0 Å². The molecule has 0 bridgehead atoms. The van der Waals surface area contributed by atoms with Gasteiger partial charge >= 0.3 is 0 Å². The van der Waals surface area contributed by atoms with Crippen molar-refractivity contribution >= 4 is 0 Å². The van der Waals surface area contributed by atoms with Crippen LogP contribution in [0.3, 0.4) is 0 Å². The third-order valence-corrected chi connectivity index (χ3v) is 7.81. The highest BCUT2D eigenvalue weighted by Crippen LogP contribution is 2.41. The van der Waals surface area contributed by atoms with Gasteiger partial charge in [-0.2, -0.15) is 0 Å². The molecule has 4 heteroatoms. The predicted octanol–water partition coefficient (Wildman–Crippen LogP) is 4.92. The minimum absolute atomic E-state index is 0.186. The molecule has 4 nitrogen and oxygen atoms in total. The fourth-order valence-electron chi connectivity index (χ4n) is 6.07. The van der Waals surface area contributed by atoms with Crippen molar-refractivity contribution < 1.29 is 5.11 Å². The molecule has 178 valence electrons. The molecule has 0 spiro atoms. The van der Waals surface area contributed by atoms with Gasteiger partial charge in [0.15, 0.2) is 0 Å². The van der Waals surface area contributed by atoms with Crippen molar-refractivity contribution in [3.8, 4) is 0 Å². The summed E-state index contributed by atoms with van der Waals surface area (Å²) in [6.07, 6.45) is 5.04. The highest BCUT2D eigenvalue weighted by Gasteiger charge is 2.48. The summed E-state index contributed by atoms with van der Waals surface area (Å²) in [4.78, 5) is 4.79. The van der Waals surface area contributed by atoms with Crippen LogP contribution < -0.4 is 5.73 Å². The first kappa shape index (κ1) is 23.3. The van der Waals surface area contributed by atoms with Crippen LogP contribution in [0, 0.1) is 0 Å². The Bertz CT molecular complexity index is 1030. The Balaban J connectivity index is 1.46. The number of aliphatic hydroxyl groups is 1. The van der Waals surface area contributed by atoms with E-state index in [0.29, 0.717) is 19.0 Å². The third kappa shape index (κ3) is 4.82. The van der Waals surface area contributed by atoms with Gasteiger partial charge in [0, 0.05) is 25.2 Å². The summed E-state index contributed by atoms with van der Waals surface area (Å²) in [5, 5.41) is 12.6. The largest absolute Gasteiger partial charge is 0.373 e. The second-order valence-electron chi connectivity index (χ2n) is 9.98. The van der Waals surface area contributed by atoms with Crippen LogP contribution in [-0.2, 0) is 6.42 Å². The highest BCUT2D eigenvalue weighted by molar-refractivity contribution is 5.24. The molecule has 0 aromatic heterocycles. The maximum absolute atomic E-state index is 12.6. The summed E-state index contributed by atoms with van der Waals surface area (Å²) in [7, 11) is 0. The molecular formula is C30H37N3O. The van der Waals surface area contributed by atoms with Crippen molar-refractivity contribution in [2.75, 3.05) is 19.6 Å². The van der Waals surface area contributed by atoms with Gasteiger partial charge in [0.1, 0.15) is 5.72 Å². The van der Waals surface area contributed by atoms with Crippen LogP contribution in [0.1, 0.15) is 54.5 Å². The highest BCUT2D eigenvalue weighted by atomic mass is 16.3. The molecule has 5 rings (SSSR count). The van der Waals surface area contributed by atoms with E-state index in [1.54, 1.807) is 0 Å². The maximum Gasteiger partial charge on any atom is 0.147 e. The molecule has 34 heavy (non-hydrogen) atoms. The minimum Gasteiger partial charge on any atom is -0.373 e. The second-order valence-corrected chi connectivity index (χ2v) is 9.98. The molecular weight excluding hydrogens is 418 g/mol. The number of benzene rings is 3. The van der Waals surface area contributed by atoms with Gasteiger partial charge in [0.05, 0.1) is 6.04 Å². The molecule has 2 fully saturated rings. The molecule has 3 aromatic rings. The van der Waals surface area contributed by atoms with Gasteiger partial charge in [0.2, 0.25) is 0 Å². The van der Waals surface area contributed by atoms with E-state index in [9.17, 15) is 5.11 Å². The van der Waals surface area contributed by atoms with E-state index in [-0.39, 0.29) is 6.04 Å². The van der Waals surface area contributed by atoms with Crippen molar-refractivity contribution in [3.05, 3.63) is 108 Å². The molecule has 3 N–H and O–H groups in total. The Kier molecular flexibility index (Phi) is 7.12. The second kappa shape index (κ2) is 10.4. The van der Waals surface area contributed by atoms with Crippen LogP contribution in [0.25, 0.3) is 0 Å². The lowest BCUT2D eigenvalue weighted by molar-refractivity contribution is -0.150. The normalized spacial score (nSPS) is 24.2.